The minimum absolute atomic E-state index is 0.0422. The first-order chi connectivity index (χ1) is 13.8. The zero-order chi connectivity index (χ0) is 21.3. The average Bonchev–Trinajstić information content (AvgIpc) is 2.93. The summed E-state index contributed by atoms with van der Waals surface area (Å²) < 4.78 is 21.1. The van der Waals surface area contributed by atoms with Crippen LogP contribution in [0.2, 0.25) is 0 Å². The molecule has 0 unspecified atom stereocenters. The van der Waals surface area contributed by atoms with Crippen molar-refractivity contribution in [2.45, 2.75) is 12.3 Å². The van der Waals surface area contributed by atoms with Gasteiger partial charge in [-0.3, -0.25) is 4.79 Å². The third-order valence-electron chi connectivity index (χ3n) is 4.70. The number of anilines is 1. The number of nitrogens with one attached hydrogen (secondary N) is 1. The summed E-state index contributed by atoms with van der Waals surface area (Å²) in [4.78, 5) is 39.1. The van der Waals surface area contributed by atoms with Crippen LogP contribution in [0.15, 0.2) is 45.5 Å². The fourth-order valence-electron chi connectivity index (χ4n) is 3.55. The van der Waals surface area contributed by atoms with Gasteiger partial charge in [0.05, 0.1) is 13.7 Å². The maximum Gasteiger partial charge on any atom is 0.340 e. The number of rotatable bonds is 5. The highest BCUT2D eigenvalue weighted by molar-refractivity contribution is 9.10. The number of allylic oxidation sites excluding steroid dienone is 1. The Morgan fingerprint density at radius 3 is 2.59 bits per heavy atom. The van der Waals surface area contributed by atoms with E-state index in [2.05, 4.69) is 21.2 Å². The first-order valence-corrected chi connectivity index (χ1v) is 9.33. The third-order valence-corrected chi connectivity index (χ3v) is 5.19. The molecule has 2 heterocycles. The maximum absolute atomic E-state index is 13.3. The molecule has 3 N–H and O–H groups in total. The van der Waals surface area contributed by atoms with Crippen LogP contribution in [0.3, 0.4) is 0 Å². The first kappa shape index (κ1) is 20.9. The molecule has 0 fully saturated rings. The Morgan fingerprint density at radius 1 is 1.21 bits per heavy atom. The molecule has 0 bridgehead atoms. The van der Waals surface area contributed by atoms with E-state index in [9.17, 15) is 14.4 Å². The fraction of sp³-hybridized carbons (Fsp3) is 0.316. The van der Waals surface area contributed by atoms with Crippen molar-refractivity contribution in [1.29, 1.82) is 0 Å². The molecule has 1 aromatic rings. The third kappa shape index (κ3) is 3.18. The van der Waals surface area contributed by atoms with Crippen molar-refractivity contribution >= 4 is 39.5 Å². The topological polar surface area (TPSA) is 126 Å². The molecule has 0 aliphatic carbocycles. The fourth-order valence-corrected chi connectivity index (χ4v) is 3.91. The molecule has 2 aliphatic heterocycles. The van der Waals surface area contributed by atoms with Gasteiger partial charge >= 0.3 is 11.9 Å². The standard InChI is InChI=1S/C19H19BrN2O7/c1-9-13(17(24)28-7-6-26-2)19(14(15(21)29-9)16(23)27-3)11-8-10(20)4-5-12(11)22-18(19)25/h4-5,8H,6-7,21H2,1-3H3,(H,22,25)/t19-/m1/s1. The van der Waals surface area contributed by atoms with Gasteiger partial charge in [0.25, 0.3) is 0 Å². The summed E-state index contributed by atoms with van der Waals surface area (Å²) in [5.41, 5.74) is 4.44. The van der Waals surface area contributed by atoms with Crippen LogP contribution in [-0.4, -0.2) is 45.3 Å². The van der Waals surface area contributed by atoms with Crippen LogP contribution in [0.25, 0.3) is 0 Å². The Kier molecular flexibility index (Phi) is 5.67. The number of carbonyl (C=O) groups is 3. The van der Waals surface area contributed by atoms with Gasteiger partial charge in [-0.25, -0.2) is 9.59 Å². The number of fused-ring (bicyclic) bond motifs is 2. The van der Waals surface area contributed by atoms with Gasteiger partial charge < -0.3 is 30.0 Å². The van der Waals surface area contributed by atoms with Gasteiger partial charge in [0.2, 0.25) is 11.8 Å². The van der Waals surface area contributed by atoms with E-state index in [0.29, 0.717) is 15.7 Å². The number of hydrogen-bond donors (Lipinski definition) is 2. The molecule has 3 rings (SSSR count). The summed E-state index contributed by atoms with van der Waals surface area (Å²) in [6, 6.07) is 5.00. The van der Waals surface area contributed by atoms with Gasteiger partial charge in [-0.15, -0.1) is 0 Å². The lowest BCUT2D eigenvalue weighted by Gasteiger charge is -2.35. The molecule has 0 saturated heterocycles. The second-order valence-electron chi connectivity index (χ2n) is 6.29. The van der Waals surface area contributed by atoms with Crippen LogP contribution in [0, 0.1) is 0 Å². The Morgan fingerprint density at radius 2 is 1.93 bits per heavy atom. The van der Waals surface area contributed by atoms with Crippen LogP contribution in [-0.2, 0) is 38.7 Å². The Balaban J connectivity index is 2.30. The number of ether oxygens (including phenoxy) is 4. The molecule has 2 aliphatic rings. The lowest BCUT2D eigenvalue weighted by atomic mass is 9.67. The average molecular weight is 467 g/mol. The predicted octanol–water partition coefficient (Wildman–Crippen LogP) is 1.48. The van der Waals surface area contributed by atoms with Gasteiger partial charge in [0.15, 0.2) is 0 Å². The number of amides is 1. The molecule has 9 nitrogen and oxygen atoms in total. The first-order valence-electron chi connectivity index (χ1n) is 8.54. The highest BCUT2D eigenvalue weighted by Gasteiger charge is 2.61. The Labute approximate surface area is 174 Å². The number of benzene rings is 1. The van der Waals surface area contributed by atoms with E-state index in [1.54, 1.807) is 18.2 Å². The van der Waals surface area contributed by atoms with E-state index in [-0.39, 0.29) is 36.0 Å². The summed E-state index contributed by atoms with van der Waals surface area (Å²) in [6.45, 7) is 1.57. The molecule has 29 heavy (non-hydrogen) atoms. The van der Waals surface area contributed by atoms with E-state index < -0.39 is 23.3 Å². The number of methoxy groups -OCH3 is 2. The van der Waals surface area contributed by atoms with Crippen LogP contribution in [0.4, 0.5) is 5.69 Å². The van der Waals surface area contributed by atoms with Crippen LogP contribution in [0.1, 0.15) is 12.5 Å². The van der Waals surface area contributed by atoms with Crippen LogP contribution < -0.4 is 11.1 Å². The maximum atomic E-state index is 13.3. The van der Waals surface area contributed by atoms with E-state index in [1.165, 1.54) is 14.0 Å². The summed E-state index contributed by atoms with van der Waals surface area (Å²) in [5, 5.41) is 2.71. The molecule has 1 spiro atoms. The number of esters is 2. The van der Waals surface area contributed by atoms with E-state index in [4.69, 9.17) is 24.7 Å². The number of halogens is 1. The van der Waals surface area contributed by atoms with Gasteiger partial charge in [-0.05, 0) is 25.1 Å². The molecule has 154 valence electrons. The van der Waals surface area contributed by atoms with E-state index >= 15 is 0 Å². The zero-order valence-corrected chi connectivity index (χ0v) is 17.5. The van der Waals surface area contributed by atoms with Crippen LogP contribution >= 0.6 is 15.9 Å². The van der Waals surface area contributed by atoms with E-state index in [0.717, 1.165) is 7.11 Å². The summed E-state index contributed by atoms with van der Waals surface area (Å²) >= 11 is 3.36. The molecule has 0 aromatic heterocycles. The minimum Gasteiger partial charge on any atom is -0.465 e. The highest BCUT2D eigenvalue weighted by atomic mass is 79.9. The number of nitrogens with two attached hydrogens (primary N) is 1. The molecular weight excluding hydrogens is 448 g/mol. The molecule has 1 atom stereocenters. The largest absolute Gasteiger partial charge is 0.465 e. The van der Waals surface area contributed by atoms with Crippen LogP contribution in [0.5, 0.6) is 0 Å². The highest BCUT2D eigenvalue weighted by Crippen LogP contribution is 2.52. The summed E-state index contributed by atoms with van der Waals surface area (Å²) in [7, 11) is 2.60. The quantitative estimate of drug-likeness (QED) is 0.493. The minimum atomic E-state index is -1.89. The van der Waals surface area contributed by atoms with Gasteiger partial charge in [-0.2, -0.15) is 0 Å². The number of carbonyl (C=O) groups excluding carboxylic acids is 3. The summed E-state index contributed by atoms with van der Waals surface area (Å²) in [6.07, 6.45) is 0. The Hall–Kier alpha value is -2.85. The Bertz CT molecular complexity index is 969. The predicted molar refractivity (Wildman–Crippen MR) is 104 cm³/mol. The van der Waals surface area contributed by atoms with Crippen molar-refractivity contribution < 1.29 is 33.3 Å². The molecule has 0 radical (unpaired) electrons. The van der Waals surface area contributed by atoms with Gasteiger partial charge in [0.1, 0.15) is 28.9 Å². The van der Waals surface area contributed by atoms with Crippen molar-refractivity contribution in [3.8, 4) is 0 Å². The molecular formula is C19H19BrN2O7. The molecule has 1 aromatic carbocycles. The molecule has 0 saturated carbocycles. The van der Waals surface area contributed by atoms with Gasteiger partial charge in [0, 0.05) is 22.8 Å². The van der Waals surface area contributed by atoms with Crippen molar-refractivity contribution in [2.75, 3.05) is 32.8 Å². The zero-order valence-electron chi connectivity index (χ0n) is 16.0. The van der Waals surface area contributed by atoms with Crippen molar-refractivity contribution in [3.63, 3.8) is 0 Å². The normalized spacial score (nSPS) is 20.3. The summed E-state index contributed by atoms with van der Waals surface area (Å²) in [5.74, 6) is -2.67. The molecule has 10 heteroatoms. The van der Waals surface area contributed by atoms with Crippen molar-refractivity contribution in [2.24, 2.45) is 5.73 Å². The van der Waals surface area contributed by atoms with E-state index in [1.807, 2.05) is 0 Å². The SMILES string of the molecule is COCCOC(=O)C1=C(C)OC(N)=C(C(=O)OC)[C@]12C(=O)Nc1ccc(Br)cc12. The lowest BCUT2D eigenvalue weighted by molar-refractivity contribution is -0.143. The van der Waals surface area contributed by atoms with Gasteiger partial charge in [-0.1, -0.05) is 15.9 Å². The second-order valence-corrected chi connectivity index (χ2v) is 7.20. The smallest absolute Gasteiger partial charge is 0.340 e. The molecule has 1 amide bonds. The lowest BCUT2D eigenvalue weighted by Crippen LogP contribution is -2.48. The monoisotopic (exact) mass is 466 g/mol. The van der Waals surface area contributed by atoms with Crippen molar-refractivity contribution in [1.82, 2.24) is 0 Å². The van der Waals surface area contributed by atoms with Crippen molar-refractivity contribution in [3.05, 3.63) is 51.0 Å². The second kappa shape index (κ2) is 7.88. The number of hydrogen-bond acceptors (Lipinski definition) is 8.